The maximum atomic E-state index is 12.9. The molecule has 4 aromatic heterocycles. The van der Waals surface area contributed by atoms with Crippen molar-refractivity contribution < 1.29 is 9.59 Å². The smallest absolute Gasteiger partial charge is 0.251 e. The van der Waals surface area contributed by atoms with Gasteiger partial charge in [0.2, 0.25) is 0 Å². The Kier molecular flexibility index (Phi) is 9.89. The van der Waals surface area contributed by atoms with E-state index in [0.29, 0.717) is 24.2 Å². The third-order valence-corrected chi connectivity index (χ3v) is 8.93. The first-order chi connectivity index (χ1) is 21.4. The van der Waals surface area contributed by atoms with Crippen LogP contribution in [0.5, 0.6) is 0 Å². The highest BCUT2D eigenvalue weighted by atomic mass is 16.2. The minimum atomic E-state index is -0.163. The van der Waals surface area contributed by atoms with Crippen LogP contribution in [0.1, 0.15) is 95.9 Å². The van der Waals surface area contributed by atoms with E-state index in [4.69, 9.17) is 0 Å². The van der Waals surface area contributed by atoms with Crippen molar-refractivity contribution in [2.75, 3.05) is 13.1 Å². The SMILES string of the molecule is CC(CCCCNC(=O)c1cccc(C(=O)NCCCCC(C)(c2ccc[nH]2)c2ccc[nH]2)c1)(c1ccc[nH]1)c1ccc[nH]1. The first kappa shape index (κ1) is 30.7. The van der Waals surface area contributed by atoms with Crippen LogP contribution in [-0.2, 0) is 10.8 Å². The van der Waals surface area contributed by atoms with Gasteiger partial charge < -0.3 is 30.6 Å². The molecule has 6 N–H and O–H groups in total. The number of unbranched alkanes of at least 4 members (excludes halogenated alkanes) is 2. The van der Waals surface area contributed by atoms with Crippen molar-refractivity contribution in [1.82, 2.24) is 30.6 Å². The number of hydrogen-bond donors (Lipinski definition) is 6. The average Bonchev–Trinajstić information content (AvgIpc) is 3.87. The predicted molar refractivity (Wildman–Crippen MR) is 175 cm³/mol. The number of carbonyl (C=O) groups is 2. The molecule has 1 aromatic carbocycles. The molecule has 8 nitrogen and oxygen atoms in total. The third kappa shape index (κ3) is 7.08. The second-order valence-electron chi connectivity index (χ2n) is 12.0. The molecule has 5 rings (SSSR count). The van der Waals surface area contributed by atoms with Crippen LogP contribution in [0, 0.1) is 0 Å². The first-order valence-electron chi connectivity index (χ1n) is 15.6. The van der Waals surface area contributed by atoms with Gasteiger partial charge in [0, 0.05) is 82.6 Å². The van der Waals surface area contributed by atoms with E-state index < -0.39 is 0 Å². The zero-order chi connectivity index (χ0) is 30.8. The fourth-order valence-electron chi connectivity index (χ4n) is 6.14. The van der Waals surface area contributed by atoms with Crippen molar-refractivity contribution in [1.29, 1.82) is 0 Å². The molecule has 0 bridgehead atoms. The number of aromatic nitrogens is 4. The average molecular weight is 593 g/mol. The topological polar surface area (TPSA) is 121 Å². The predicted octanol–water partition coefficient (Wildman–Crippen LogP) is 6.81. The molecule has 0 radical (unpaired) electrons. The number of amides is 2. The van der Waals surface area contributed by atoms with Gasteiger partial charge in [0.1, 0.15) is 0 Å². The van der Waals surface area contributed by atoms with E-state index in [1.165, 1.54) is 22.8 Å². The molecule has 8 heteroatoms. The van der Waals surface area contributed by atoms with Crippen molar-refractivity contribution in [2.45, 2.75) is 63.2 Å². The molecular formula is C36H44N6O2. The van der Waals surface area contributed by atoms with E-state index in [0.717, 1.165) is 38.5 Å². The van der Waals surface area contributed by atoms with Crippen LogP contribution in [0.4, 0.5) is 0 Å². The highest BCUT2D eigenvalue weighted by Gasteiger charge is 2.31. The number of hydrogen-bond acceptors (Lipinski definition) is 2. The maximum Gasteiger partial charge on any atom is 0.251 e. The zero-order valence-corrected chi connectivity index (χ0v) is 25.7. The largest absolute Gasteiger partial charge is 0.364 e. The minimum Gasteiger partial charge on any atom is -0.364 e. The second kappa shape index (κ2) is 14.2. The molecule has 2 amide bonds. The summed E-state index contributed by atoms with van der Waals surface area (Å²) < 4.78 is 0. The lowest BCUT2D eigenvalue weighted by atomic mass is 9.79. The molecule has 0 unspecified atom stereocenters. The van der Waals surface area contributed by atoms with Gasteiger partial charge in [0.15, 0.2) is 0 Å². The van der Waals surface area contributed by atoms with Gasteiger partial charge in [-0.05, 0) is 106 Å². The lowest BCUT2D eigenvalue weighted by Crippen LogP contribution is -2.28. The Morgan fingerprint density at radius 2 is 0.909 bits per heavy atom. The third-order valence-electron chi connectivity index (χ3n) is 8.93. The van der Waals surface area contributed by atoms with Crippen molar-refractivity contribution in [3.05, 3.63) is 131 Å². The summed E-state index contributed by atoms with van der Waals surface area (Å²) in [5, 5.41) is 6.05. The van der Waals surface area contributed by atoms with Gasteiger partial charge >= 0.3 is 0 Å². The van der Waals surface area contributed by atoms with Gasteiger partial charge in [-0.3, -0.25) is 9.59 Å². The van der Waals surface area contributed by atoms with E-state index in [-0.39, 0.29) is 22.6 Å². The molecular weight excluding hydrogens is 548 g/mol. The number of H-pyrrole nitrogens is 4. The summed E-state index contributed by atoms with van der Waals surface area (Å²) >= 11 is 0. The molecule has 5 aromatic rings. The Balaban J connectivity index is 1.05. The highest BCUT2D eigenvalue weighted by Crippen LogP contribution is 2.36. The normalized spacial score (nSPS) is 11.9. The molecule has 0 aliphatic carbocycles. The molecule has 0 aliphatic rings. The van der Waals surface area contributed by atoms with Crippen LogP contribution in [-0.4, -0.2) is 44.8 Å². The molecule has 0 atom stereocenters. The Morgan fingerprint density at radius 3 is 1.23 bits per heavy atom. The van der Waals surface area contributed by atoms with Crippen LogP contribution in [0.25, 0.3) is 0 Å². The van der Waals surface area contributed by atoms with Gasteiger partial charge in [-0.2, -0.15) is 0 Å². The highest BCUT2D eigenvalue weighted by molar-refractivity contribution is 5.99. The summed E-state index contributed by atoms with van der Waals surface area (Å²) in [6, 6.07) is 23.5. The van der Waals surface area contributed by atoms with Crippen LogP contribution < -0.4 is 10.6 Å². The van der Waals surface area contributed by atoms with E-state index in [2.05, 4.69) is 68.7 Å². The number of nitrogens with one attached hydrogen (secondary N) is 6. The fraction of sp³-hybridized carbons (Fsp3) is 0.333. The Bertz CT molecular complexity index is 1380. The van der Waals surface area contributed by atoms with Crippen molar-refractivity contribution >= 4 is 11.8 Å². The van der Waals surface area contributed by atoms with E-state index >= 15 is 0 Å². The molecule has 0 saturated heterocycles. The van der Waals surface area contributed by atoms with Gasteiger partial charge in [-0.15, -0.1) is 0 Å². The van der Waals surface area contributed by atoms with E-state index in [1.807, 2.05) is 49.1 Å². The summed E-state index contributed by atoms with van der Waals surface area (Å²) in [4.78, 5) is 39.3. The Labute approximate surface area is 259 Å². The first-order valence-corrected chi connectivity index (χ1v) is 15.6. The Morgan fingerprint density at radius 1 is 0.545 bits per heavy atom. The van der Waals surface area contributed by atoms with Crippen LogP contribution in [0.2, 0.25) is 0 Å². The Hall–Kier alpha value is -4.72. The van der Waals surface area contributed by atoms with Crippen molar-refractivity contribution in [3.8, 4) is 0 Å². The van der Waals surface area contributed by atoms with Crippen LogP contribution in [0.15, 0.2) is 97.6 Å². The molecule has 230 valence electrons. The van der Waals surface area contributed by atoms with Gasteiger partial charge in [0.25, 0.3) is 11.8 Å². The summed E-state index contributed by atoms with van der Waals surface area (Å²) in [6.45, 7) is 5.63. The van der Waals surface area contributed by atoms with Crippen molar-refractivity contribution in [2.24, 2.45) is 0 Å². The summed E-state index contributed by atoms with van der Waals surface area (Å²) in [7, 11) is 0. The number of aromatic amines is 4. The van der Waals surface area contributed by atoms with E-state index in [1.54, 1.807) is 24.3 Å². The minimum absolute atomic E-state index is 0.150. The van der Waals surface area contributed by atoms with E-state index in [9.17, 15) is 9.59 Å². The summed E-state index contributed by atoms with van der Waals surface area (Å²) in [5.41, 5.74) is 5.37. The molecule has 44 heavy (non-hydrogen) atoms. The van der Waals surface area contributed by atoms with Crippen LogP contribution in [0.3, 0.4) is 0 Å². The second-order valence-corrected chi connectivity index (χ2v) is 12.0. The fourth-order valence-corrected chi connectivity index (χ4v) is 6.14. The van der Waals surface area contributed by atoms with Gasteiger partial charge in [-0.25, -0.2) is 0 Å². The molecule has 4 heterocycles. The van der Waals surface area contributed by atoms with Crippen LogP contribution >= 0.6 is 0 Å². The number of benzene rings is 1. The quantitative estimate of drug-likeness (QED) is 0.0705. The standard InChI is InChI=1S/C36H44N6O2/c1-35(29-14-8-22-37-29,30-15-9-23-38-30)18-3-5-20-41-33(43)27-12-7-13-28(26-27)34(44)42-21-6-4-19-36(2,31-16-10-24-39-31)32-17-11-25-40-32/h7-17,22-26,37-40H,3-6,18-21H2,1-2H3,(H,41,43)(H,42,44). The molecule has 0 saturated carbocycles. The molecule has 0 aliphatic heterocycles. The molecule has 0 fully saturated rings. The monoisotopic (exact) mass is 592 g/mol. The summed E-state index contributed by atoms with van der Waals surface area (Å²) in [5.74, 6) is -0.326. The number of carbonyl (C=O) groups excluding carboxylic acids is 2. The van der Waals surface area contributed by atoms with Crippen molar-refractivity contribution in [3.63, 3.8) is 0 Å². The number of rotatable bonds is 16. The lowest BCUT2D eigenvalue weighted by molar-refractivity contribution is 0.0952. The van der Waals surface area contributed by atoms with Gasteiger partial charge in [0.05, 0.1) is 0 Å². The molecule has 0 spiro atoms. The lowest BCUT2D eigenvalue weighted by Gasteiger charge is -2.28. The summed E-state index contributed by atoms with van der Waals surface area (Å²) in [6.07, 6.45) is 13.3. The van der Waals surface area contributed by atoms with Gasteiger partial charge in [-0.1, -0.05) is 18.9 Å². The zero-order valence-electron chi connectivity index (χ0n) is 25.7. The maximum absolute atomic E-state index is 12.9.